The van der Waals surface area contributed by atoms with E-state index >= 15 is 0 Å². The second-order valence-electron chi connectivity index (χ2n) is 6.30. The van der Waals surface area contributed by atoms with Gasteiger partial charge in [0.1, 0.15) is 17.8 Å². The Bertz CT molecular complexity index is 1070. The number of methoxy groups -OCH3 is 2. The number of imidazole rings is 1. The number of rotatable bonds is 5. The molecular weight excluding hydrogens is 425 g/mol. The molecule has 158 valence electrons. The van der Waals surface area contributed by atoms with Crippen molar-refractivity contribution >= 4 is 17.6 Å². The molecule has 0 saturated heterocycles. The summed E-state index contributed by atoms with van der Waals surface area (Å²) in [4.78, 5) is 22.8. The van der Waals surface area contributed by atoms with Crippen LogP contribution in [0.25, 0.3) is 11.4 Å². The molecule has 1 atom stereocenters. The number of H-pyrrole nitrogens is 1. The molecular formula is C19H17ClF3N4O3+. The standard InChI is InChI=1S/C19H16ClF3N4O3/c1-27-9-13(19(21,22)23)25-16(27)11-6-4-10(5-7-11)14(17(28)30-3)15-12(29-2)8-24-18(20)26-15/h4-9,14H,1-3H3/p+1. The lowest BCUT2D eigenvalue weighted by molar-refractivity contribution is -0.659. The summed E-state index contributed by atoms with van der Waals surface area (Å²) in [5, 5.41) is -0.0746. The van der Waals surface area contributed by atoms with Crippen LogP contribution in [-0.2, 0) is 22.8 Å². The van der Waals surface area contributed by atoms with Gasteiger partial charge in [0.2, 0.25) is 11.0 Å². The lowest BCUT2D eigenvalue weighted by Gasteiger charge is -2.17. The highest BCUT2D eigenvalue weighted by Gasteiger charge is 2.38. The first-order valence-corrected chi connectivity index (χ1v) is 8.94. The highest BCUT2D eigenvalue weighted by Crippen LogP contribution is 2.33. The number of aromatic nitrogens is 4. The van der Waals surface area contributed by atoms with Crippen molar-refractivity contribution in [3.8, 4) is 17.1 Å². The first kappa shape index (κ1) is 21.6. The van der Waals surface area contributed by atoms with Gasteiger partial charge in [0.05, 0.1) is 33.0 Å². The average Bonchev–Trinajstić information content (AvgIpc) is 3.11. The fraction of sp³-hybridized carbons (Fsp3) is 0.263. The zero-order valence-corrected chi connectivity index (χ0v) is 16.9. The van der Waals surface area contributed by atoms with Gasteiger partial charge in [-0.25, -0.2) is 19.5 Å². The number of nitrogens with one attached hydrogen (secondary N) is 1. The van der Waals surface area contributed by atoms with Crippen LogP contribution in [0.5, 0.6) is 5.75 Å². The Morgan fingerprint density at radius 3 is 2.43 bits per heavy atom. The Labute approximate surface area is 174 Å². The minimum Gasteiger partial charge on any atom is -0.493 e. The highest BCUT2D eigenvalue weighted by molar-refractivity contribution is 6.28. The number of aryl methyl sites for hydroxylation is 1. The predicted molar refractivity (Wildman–Crippen MR) is 99.9 cm³/mol. The second kappa shape index (κ2) is 8.31. The number of carbonyl (C=O) groups is 1. The monoisotopic (exact) mass is 441 g/mol. The maximum Gasteiger partial charge on any atom is 0.457 e. The predicted octanol–water partition coefficient (Wildman–Crippen LogP) is 3.28. The van der Waals surface area contributed by atoms with E-state index in [9.17, 15) is 18.0 Å². The van der Waals surface area contributed by atoms with Gasteiger partial charge in [0, 0.05) is 0 Å². The maximum absolute atomic E-state index is 13.0. The fourth-order valence-corrected chi connectivity index (χ4v) is 3.15. The number of alkyl halides is 3. The fourth-order valence-electron chi connectivity index (χ4n) is 3.01. The molecule has 0 amide bonds. The molecule has 3 aromatic rings. The van der Waals surface area contributed by atoms with Gasteiger partial charge in [-0.3, -0.25) is 4.79 Å². The number of ether oxygens (including phenoxy) is 2. The van der Waals surface area contributed by atoms with Crippen LogP contribution < -0.4 is 9.30 Å². The van der Waals surface area contributed by atoms with Crippen LogP contribution in [0, 0.1) is 0 Å². The minimum absolute atomic E-state index is 0.0746. The van der Waals surface area contributed by atoms with Crippen LogP contribution in [-0.4, -0.2) is 35.1 Å². The SMILES string of the molecule is COC(=O)C(c1ccc(-c2[nH]c(C(F)(F)F)c[n+]2C)cc1)c1nc(Cl)ncc1OC. The molecule has 2 aromatic heterocycles. The Hall–Kier alpha value is -3.14. The molecule has 0 aliphatic rings. The molecule has 3 rings (SSSR count). The van der Waals surface area contributed by atoms with E-state index in [1.165, 1.54) is 32.0 Å². The van der Waals surface area contributed by atoms with Crippen LogP contribution in [0.4, 0.5) is 13.2 Å². The molecule has 0 fully saturated rings. The Kier molecular flexibility index (Phi) is 5.97. The minimum atomic E-state index is -4.49. The largest absolute Gasteiger partial charge is 0.493 e. The summed E-state index contributed by atoms with van der Waals surface area (Å²) in [5.41, 5.74) is 0.329. The van der Waals surface area contributed by atoms with Crippen molar-refractivity contribution in [1.82, 2.24) is 15.0 Å². The summed E-state index contributed by atoms with van der Waals surface area (Å²) in [6, 6.07) is 6.38. The summed E-state index contributed by atoms with van der Waals surface area (Å²) in [6.45, 7) is 0. The molecule has 1 unspecified atom stereocenters. The third-order valence-electron chi connectivity index (χ3n) is 4.44. The molecule has 0 saturated carbocycles. The number of nitrogens with zero attached hydrogens (tertiary/aromatic N) is 3. The number of carbonyl (C=O) groups excluding carboxylic acids is 1. The van der Waals surface area contributed by atoms with E-state index in [1.54, 1.807) is 24.3 Å². The van der Waals surface area contributed by atoms with E-state index in [1.807, 2.05) is 0 Å². The second-order valence-corrected chi connectivity index (χ2v) is 6.63. The van der Waals surface area contributed by atoms with Gasteiger partial charge in [-0.2, -0.15) is 13.2 Å². The van der Waals surface area contributed by atoms with Crippen molar-refractivity contribution in [3.05, 3.63) is 58.9 Å². The van der Waals surface area contributed by atoms with Gasteiger partial charge < -0.3 is 9.47 Å². The highest BCUT2D eigenvalue weighted by atomic mass is 35.5. The average molecular weight is 442 g/mol. The molecule has 0 radical (unpaired) electrons. The van der Waals surface area contributed by atoms with E-state index in [0.717, 1.165) is 6.20 Å². The number of hydrogen-bond donors (Lipinski definition) is 1. The van der Waals surface area contributed by atoms with Gasteiger partial charge in [-0.05, 0) is 29.3 Å². The summed E-state index contributed by atoms with van der Waals surface area (Å²) in [7, 11) is 4.13. The van der Waals surface area contributed by atoms with Crippen LogP contribution in [0.1, 0.15) is 22.9 Å². The third kappa shape index (κ3) is 4.23. The quantitative estimate of drug-likeness (QED) is 0.373. The molecule has 1 aromatic carbocycles. The third-order valence-corrected chi connectivity index (χ3v) is 4.62. The lowest BCUT2D eigenvalue weighted by atomic mass is 9.94. The number of hydrogen-bond acceptors (Lipinski definition) is 5. The smallest absolute Gasteiger partial charge is 0.457 e. The first-order valence-electron chi connectivity index (χ1n) is 8.56. The molecule has 1 N–H and O–H groups in total. The van der Waals surface area contributed by atoms with E-state index in [2.05, 4.69) is 15.0 Å². The summed E-state index contributed by atoms with van der Waals surface area (Å²) in [6.07, 6.45) is -2.18. The van der Waals surface area contributed by atoms with E-state index < -0.39 is 23.8 Å². The lowest BCUT2D eigenvalue weighted by Crippen LogP contribution is -2.27. The van der Waals surface area contributed by atoms with Gasteiger partial charge in [-0.1, -0.05) is 12.1 Å². The molecule has 0 aliphatic heterocycles. The van der Waals surface area contributed by atoms with E-state index in [0.29, 0.717) is 11.1 Å². The van der Waals surface area contributed by atoms with Crippen molar-refractivity contribution in [2.45, 2.75) is 12.1 Å². The Balaban J connectivity index is 2.04. The molecule has 7 nitrogen and oxygen atoms in total. The first-order chi connectivity index (χ1) is 14.2. The molecule has 0 spiro atoms. The zero-order valence-electron chi connectivity index (χ0n) is 16.1. The van der Waals surface area contributed by atoms with Crippen molar-refractivity contribution in [2.24, 2.45) is 7.05 Å². The van der Waals surface area contributed by atoms with E-state index in [4.69, 9.17) is 21.1 Å². The Morgan fingerprint density at radius 2 is 1.90 bits per heavy atom. The molecule has 0 bridgehead atoms. The van der Waals surface area contributed by atoms with Gasteiger partial charge in [0.25, 0.3) is 5.82 Å². The van der Waals surface area contributed by atoms with E-state index in [-0.39, 0.29) is 22.6 Å². The number of esters is 1. The van der Waals surface area contributed by atoms with Gasteiger partial charge in [-0.15, -0.1) is 0 Å². The van der Waals surface area contributed by atoms with Crippen molar-refractivity contribution in [3.63, 3.8) is 0 Å². The van der Waals surface area contributed by atoms with Crippen molar-refractivity contribution in [1.29, 1.82) is 0 Å². The molecule has 30 heavy (non-hydrogen) atoms. The van der Waals surface area contributed by atoms with Crippen molar-refractivity contribution in [2.75, 3.05) is 14.2 Å². The molecule has 2 heterocycles. The normalized spacial score (nSPS) is 12.5. The number of aromatic amines is 1. The zero-order chi connectivity index (χ0) is 22.1. The molecule has 0 aliphatic carbocycles. The maximum atomic E-state index is 13.0. The number of benzene rings is 1. The van der Waals surface area contributed by atoms with Crippen LogP contribution >= 0.6 is 11.6 Å². The van der Waals surface area contributed by atoms with Crippen LogP contribution in [0.2, 0.25) is 5.28 Å². The van der Waals surface area contributed by atoms with Crippen LogP contribution in [0.15, 0.2) is 36.7 Å². The Morgan fingerprint density at radius 1 is 1.23 bits per heavy atom. The van der Waals surface area contributed by atoms with Crippen LogP contribution in [0.3, 0.4) is 0 Å². The van der Waals surface area contributed by atoms with Gasteiger partial charge >= 0.3 is 12.1 Å². The number of halogens is 4. The summed E-state index contributed by atoms with van der Waals surface area (Å²) in [5.74, 6) is -1.08. The van der Waals surface area contributed by atoms with Crippen molar-refractivity contribution < 1.29 is 32.0 Å². The van der Waals surface area contributed by atoms with Gasteiger partial charge in [0.15, 0.2) is 5.75 Å². The molecule has 11 heteroatoms. The summed E-state index contributed by atoms with van der Waals surface area (Å²) < 4.78 is 50.3. The summed E-state index contributed by atoms with van der Waals surface area (Å²) >= 11 is 5.89. The topological polar surface area (TPSA) is 81.0 Å².